The minimum absolute atomic E-state index is 0.0332. The minimum Gasteiger partial charge on any atom is -0.388 e. The zero-order valence-corrected chi connectivity index (χ0v) is 12.0. The van der Waals surface area contributed by atoms with Crippen LogP contribution in [0.1, 0.15) is 33.6 Å². The fourth-order valence-electron chi connectivity index (χ4n) is 2.13. The van der Waals surface area contributed by atoms with Gasteiger partial charge in [0.1, 0.15) is 0 Å². The van der Waals surface area contributed by atoms with E-state index in [2.05, 4.69) is 5.32 Å². The standard InChI is InChI=1S/C13H25N3O3/c1-9(2)11(14)12(18)15-7-10(17)16-6-4-5-13(3,19)8-16/h9,11,19H,4-8,14H2,1-3H3,(H,15,18)/t11-,13?/m0/s1. The van der Waals surface area contributed by atoms with Crippen molar-refractivity contribution in [3.63, 3.8) is 0 Å². The Hall–Kier alpha value is -1.14. The third-order valence-corrected chi connectivity index (χ3v) is 3.46. The molecule has 1 aliphatic rings. The Morgan fingerprint density at radius 3 is 2.63 bits per heavy atom. The maximum Gasteiger partial charge on any atom is 0.242 e. The first kappa shape index (κ1) is 15.9. The summed E-state index contributed by atoms with van der Waals surface area (Å²) in [6.45, 7) is 6.32. The number of rotatable bonds is 4. The Labute approximate surface area is 114 Å². The largest absolute Gasteiger partial charge is 0.388 e. The second kappa shape index (κ2) is 6.34. The molecule has 0 aromatic rings. The Morgan fingerprint density at radius 2 is 2.11 bits per heavy atom. The van der Waals surface area contributed by atoms with Crippen molar-refractivity contribution >= 4 is 11.8 Å². The fraction of sp³-hybridized carbons (Fsp3) is 0.846. The summed E-state index contributed by atoms with van der Waals surface area (Å²) in [7, 11) is 0. The lowest BCUT2D eigenvalue weighted by Crippen LogP contribution is -2.52. The van der Waals surface area contributed by atoms with Crippen molar-refractivity contribution in [3.8, 4) is 0 Å². The number of β-amino-alcohol motifs (C(OH)–C–C–N with tert-alkyl or cyclic N) is 1. The summed E-state index contributed by atoms with van der Waals surface area (Å²) < 4.78 is 0. The number of likely N-dealkylation sites (tertiary alicyclic amines) is 1. The number of nitrogens with two attached hydrogens (primary N) is 1. The first-order valence-corrected chi connectivity index (χ1v) is 6.76. The van der Waals surface area contributed by atoms with Gasteiger partial charge < -0.3 is 21.1 Å². The number of aliphatic hydroxyl groups is 1. The number of carbonyl (C=O) groups is 2. The molecule has 110 valence electrons. The summed E-state index contributed by atoms with van der Waals surface area (Å²) in [6, 6.07) is -0.600. The van der Waals surface area contributed by atoms with Gasteiger partial charge in [-0.3, -0.25) is 9.59 Å². The molecule has 6 heteroatoms. The predicted molar refractivity (Wildman–Crippen MR) is 72.3 cm³/mol. The minimum atomic E-state index is -0.827. The quantitative estimate of drug-likeness (QED) is 0.640. The predicted octanol–water partition coefficient (Wildman–Crippen LogP) is -0.541. The molecule has 1 fully saturated rings. The van der Waals surface area contributed by atoms with Crippen molar-refractivity contribution in [2.75, 3.05) is 19.6 Å². The van der Waals surface area contributed by atoms with E-state index in [1.54, 1.807) is 11.8 Å². The average molecular weight is 271 g/mol. The molecule has 0 aliphatic carbocycles. The number of nitrogens with zero attached hydrogens (tertiary/aromatic N) is 1. The van der Waals surface area contributed by atoms with Crippen molar-refractivity contribution < 1.29 is 14.7 Å². The molecular formula is C13H25N3O3. The molecule has 4 N–H and O–H groups in total. The average Bonchev–Trinajstić information content (AvgIpc) is 2.33. The van der Waals surface area contributed by atoms with Gasteiger partial charge in [0.15, 0.2) is 0 Å². The van der Waals surface area contributed by atoms with Crippen molar-refractivity contribution in [2.45, 2.75) is 45.3 Å². The van der Waals surface area contributed by atoms with Gasteiger partial charge >= 0.3 is 0 Å². The summed E-state index contributed by atoms with van der Waals surface area (Å²) in [4.78, 5) is 25.2. The maximum atomic E-state index is 11.9. The topological polar surface area (TPSA) is 95.7 Å². The molecule has 2 amide bonds. The Morgan fingerprint density at radius 1 is 1.47 bits per heavy atom. The van der Waals surface area contributed by atoms with Crippen LogP contribution in [0.15, 0.2) is 0 Å². The molecule has 19 heavy (non-hydrogen) atoms. The van der Waals surface area contributed by atoms with Crippen LogP contribution in [0.2, 0.25) is 0 Å². The monoisotopic (exact) mass is 271 g/mol. The zero-order chi connectivity index (χ0) is 14.6. The normalized spacial score (nSPS) is 25.3. The van der Waals surface area contributed by atoms with E-state index in [1.807, 2.05) is 13.8 Å². The van der Waals surface area contributed by atoms with Gasteiger partial charge in [-0.1, -0.05) is 13.8 Å². The highest BCUT2D eigenvalue weighted by molar-refractivity contribution is 5.87. The van der Waals surface area contributed by atoms with Gasteiger partial charge in [-0.15, -0.1) is 0 Å². The molecule has 1 saturated heterocycles. The Kier molecular flexibility index (Phi) is 5.31. The van der Waals surface area contributed by atoms with Crippen LogP contribution < -0.4 is 11.1 Å². The number of nitrogens with one attached hydrogen (secondary N) is 1. The highest BCUT2D eigenvalue weighted by Gasteiger charge is 2.31. The van der Waals surface area contributed by atoms with Gasteiger partial charge in [0.2, 0.25) is 11.8 Å². The van der Waals surface area contributed by atoms with Gasteiger partial charge in [0.25, 0.3) is 0 Å². The van der Waals surface area contributed by atoms with Gasteiger partial charge in [-0.05, 0) is 25.7 Å². The van der Waals surface area contributed by atoms with E-state index in [-0.39, 0.29) is 24.3 Å². The van der Waals surface area contributed by atoms with Crippen LogP contribution in [-0.2, 0) is 9.59 Å². The highest BCUT2D eigenvalue weighted by Crippen LogP contribution is 2.19. The molecular weight excluding hydrogens is 246 g/mol. The zero-order valence-electron chi connectivity index (χ0n) is 12.0. The smallest absolute Gasteiger partial charge is 0.242 e. The summed E-state index contributed by atoms with van der Waals surface area (Å²) >= 11 is 0. The molecule has 0 aromatic heterocycles. The van der Waals surface area contributed by atoms with E-state index in [0.29, 0.717) is 19.5 Å². The lowest BCUT2D eigenvalue weighted by molar-refractivity contribution is -0.138. The van der Waals surface area contributed by atoms with Gasteiger partial charge in [0.05, 0.1) is 18.2 Å². The van der Waals surface area contributed by atoms with Crippen molar-refractivity contribution in [2.24, 2.45) is 11.7 Å². The van der Waals surface area contributed by atoms with Crippen LogP contribution in [0.4, 0.5) is 0 Å². The van der Waals surface area contributed by atoms with Crippen LogP contribution in [0.3, 0.4) is 0 Å². The number of hydrogen-bond donors (Lipinski definition) is 3. The number of carbonyl (C=O) groups excluding carboxylic acids is 2. The first-order valence-electron chi connectivity index (χ1n) is 6.76. The van der Waals surface area contributed by atoms with E-state index < -0.39 is 11.6 Å². The molecule has 0 spiro atoms. The van der Waals surface area contributed by atoms with Crippen LogP contribution >= 0.6 is 0 Å². The van der Waals surface area contributed by atoms with Gasteiger partial charge in [-0.25, -0.2) is 0 Å². The highest BCUT2D eigenvalue weighted by atomic mass is 16.3. The third-order valence-electron chi connectivity index (χ3n) is 3.46. The molecule has 0 aromatic carbocycles. The third kappa shape index (κ3) is 4.80. The Balaban J connectivity index is 2.41. The second-order valence-corrected chi connectivity index (χ2v) is 5.90. The molecule has 1 aliphatic heterocycles. The van der Waals surface area contributed by atoms with E-state index in [4.69, 9.17) is 5.73 Å². The van der Waals surface area contributed by atoms with E-state index in [1.165, 1.54) is 0 Å². The van der Waals surface area contributed by atoms with Crippen molar-refractivity contribution in [1.82, 2.24) is 10.2 Å². The molecule has 1 rings (SSSR count). The molecule has 6 nitrogen and oxygen atoms in total. The molecule has 0 radical (unpaired) electrons. The van der Waals surface area contributed by atoms with Crippen LogP contribution in [-0.4, -0.2) is 53.1 Å². The lowest BCUT2D eigenvalue weighted by atomic mass is 9.95. The van der Waals surface area contributed by atoms with Crippen LogP contribution in [0.5, 0.6) is 0 Å². The van der Waals surface area contributed by atoms with E-state index >= 15 is 0 Å². The molecule has 2 atom stereocenters. The molecule has 0 saturated carbocycles. The fourth-order valence-corrected chi connectivity index (χ4v) is 2.13. The van der Waals surface area contributed by atoms with Crippen LogP contribution in [0.25, 0.3) is 0 Å². The van der Waals surface area contributed by atoms with Gasteiger partial charge in [0, 0.05) is 13.1 Å². The number of amides is 2. The SMILES string of the molecule is CC(C)[C@H](N)C(=O)NCC(=O)N1CCCC(C)(O)C1. The summed E-state index contributed by atoms with van der Waals surface area (Å²) in [6.07, 6.45) is 1.47. The molecule has 1 unspecified atom stereocenters. The summed E-state index contributed by atoms with van der Waals surface area (Å²) in [5, 5.41) is 12.5. The van der Waals surface area contributed by atoms with Crippen molar-refractivity contribution in [3.05, 3.63) is 0 Å². The van der Waals surface area contributed by atoms with E-state index in [9.17, 15) is 14.7 Å². The van der Waals surface area contributed by atoms with E-state index in [0.717, 1.165) is 6.42 Å². The first-order chi connectivity index (χ1) is 8.73. The maximum absolute atomic E-state index is 11.9. The van der Waals surface area contributed by atoms with Gasteiger partial charge in [-0.2, -0.15) is 0 Å². The second-order valence-electron chi connectivity index (χ2n) is 5.90. The lowest BCUT2D eigenvalue weighted by Gasteiger charge is -2.36. The number of hydrogen-bond acceptors (Lipinski definition) is 4. The molecule has 0 bridgehead atoms. The van der Waals surface area contributed by atoms with Crippen molar-refractivity contribution in [1.29, 1.82) is 0 Å². The number of piperidine rings is 1. The summed E-state index contributed by atoms with van der Waals surface area (Å²) in [5.74, 6) is -0.456. The summed E-state index contributed by atoms with van der Waals surface area (Å²) in [5.41, 5.74) is 4.86. The Bertz CT molecular complexity index is 342. The van der Waals surface area contributed by atoms with Crippen LogP contribution in [0, 0.1) is 5.92 Å². The molecule has 1 heterocycles.